The van der Waals surface area contributed by atoms with E-state index in [0.29, 0.717) is 12.3 Å². The van der Waals surface area contributed by atoms with Gasteiger partial charge < -0.3 is 30.1 Å². The van der Waals surface area contributed by atoms with Gasteiger partial charge in [0, 0.05) is 44.4 Å². The molecule has 290 valence electrons. The highest BCUT2D eigenvalue weighted by Crippen LogP contribution is 2.24. The van der Waals surface area contributed by atoms with E-state index in [9.17, 15) is 28.0 Å². The topological polar surface area (TPSA) is 118 Å². The third-order valence-electron chi connectivity index (χ3n) is 7.90. The van der Waals surface area contributed by atoms with Crippen LogP contribution in [0, 0.1) is 31.4 Å². The molecule has 0 aromatic heterocycles. The Morgan fingerprint density at radius 2 is 1.63 bits per heavy atom. The number of aryl methyl sites for hydroxylation is 1. The predicted octanol–water partition coefficient (Wildman–Crippen LogP) is 5.01. The zero-order chi connectivity index (χ0) is 40.2. The van der Waals surface area contributed by atoms with Crippen LogP contribution in [0.3, 0.4) is 0 Å². The van der Waals surface area contributed by atoms with Gasteiger partial charge in [0.1, 0.15) is 30.1 Å². The molecule has 0 saturated carbocycles. The maximum absolute atomic E-state index is 14.2. The van der Waals surface area contributed by atoms with Crippen molar-refractivity contribution in [2.24, 2.45) is 0 Å². The van der Waals surface area contributed by atoms with Crippen LogP contribution in [0.5, 0.6) is 5.75 Å². The number of rotatable bonds is 10. The van der Waals surface area contributed by atoms with Crippen LogP contribution in [0.25, 0.3) is 0 Å². The highest BCUT2D eigenvalue weighted by Gasteiger charge is 2.46. The minimum absolute atomic E-state index is 0.0200. The van der Waals surface area contributed by atoms with Gasteiger partial charge in [0.25, 0.3) is 0 Å². The largest absolute Gasteiger partial charge is 0.412 e. The molecule has 2 N–H and O–H groups in total. The van der Waals surface area contributed by atoms with Crippen LogP contribution in [0.2, 0.25) is 0 Å². The lowest BCUT2D eigenvalue weighted by molar-refractivity contribution is -0.180. The number of hydrazine groups is 1. The number of hydrogen-bond donors (Lipinski definition) is 2. The first-order valence-corrected chi connectivity index (χ1v) is 17.4. The number of terminal acetylenes is 1. The molecule has 3 aromatic rings. The number of nitrogens with one attached hydrogen (secondary N) is 2. The molecule has 2 heterocycles. The summed E-state index contributed by atoms with van der Waals surface area (Å²) in [7, 11) is 3.90. The lowest BCUT2D eigenvalue weighted by Gasteiger charge is -2.52. The van der Waals surface area contributed by atoms with Crippen molar-refractivity contribution in [1.29, 1.82) is 0 Å². The van der Waals surface area contributed by atoms with Gasteiger partial charge in [-0.3, -0.25) is 9.59 Å². The normalized spacial score (nSPS) is 14.9. The molecule has 5 amide bonds. The summed E-state index contributed by atoms with van der Waals surface area (Å²) in [5.74, 6) is -1.58. The number of amides is 5. The van der Waals surface area contributed by atoms with Crippen LogP contribution in [0.4, 0.5) is 18.4 Å². The number of urea groups is 1. The third-order valence-corrected chi connectivity index (χ3v) is 7.90. The fraction of sp³-hybridized carbons (Fsp3) is 0.350. The van der Waals surface area contributed by atoms with Gasteiger partial charge in [0.2, 0.25) is 11.8 Å². The van der Waals surface area contributed by atoms with Crippen LogP contribution < -0.4 is 15.4 Å². The monoisotopic (exact) mass is 747 g/mol. The molecule has 2 saturated heterocycles. The van der Waals surface area contributed by atoms with E-state index in [0.717, 1.165) is 29.8 Å². The van der Waals surface area contributed by atoms with Crippen LogP contribution in [0.15, 0.2) is 85.5 Å². The van der Waals surface area contributed by atoms with Crippen molar-refractivity contribution in [2.75, 3.05) is 53.4 Å². The first-order chi connectivity index (χ1) is 25.9. The number of piperazine rings is 1. The smallest absolute Gasteiger partial charge is 0.410 e. The third kappa shape index (κ3) is 13.6. The Morgan fingerprint density at radius 1 is 0.963 bits per heavy atom. The molecule has 0 spiro atoms. The van der Waals surface area contributed by atoms with Gasteiger partial charge in [-0.2, -0.15) is 0 Å². The first-order valence-electron chi connectivity index (χ1n) is 17.4. The Labute approximate surface area is 317 Å². The van der Waals surface area contributed by atoms with E-state index in [1.165, 1.54) is 20.9 Å². The fourth-order valence-corrected chi connectivity index (χ4v) is 5.28. The number of benzene rings is 3. The molecular formula is C40H51F2N7O5. The van der Waals surface area contributed by atoms with Gasteiger partial charge in [-0.15, -0.1) is 19.4 Å². The van der Waals surface area contributed by atoms with Gasteiger partial charge in [-0.05, 0) is 44.8 Å². The molecule has 0 radical (unpaired) electrons. The van der Waals surface area contributed by atoms with E-state index < -0.39 is 29.9 Å². The van der Waals surface area contributed by atoms with Crippen molar-refractivity contribution in [1.82, 2.24) is 35.4 Å². The summed E-state index contributed by atoms with van der Waals surface area (Å²) in [5.41, 5.74) is 2.19. The molecule has 14 heteroatoms. The van der Waals surface area contributed by atoms with Crippen molar-refractivity contribution in [3.63, 3.8) is 0 Å². The Morgan fingerprint density at radius 3 is 2.24 bits per heavy atom. The van der Waals surface area contributed by atoms with E-state index in [1.54, 1.807) is 23.2 Å². The Balaban J connectivity index is 0.000000423. The number of likely N-dealkylation sites (N-methyl/N-ethyl adjacent to an activating group) is 1. The standard InChI is InChI=1S/C24H25F2N5O3.C12H18N2O2.C2H6.C2H2/c1-2-10-29-15-23(33)30-16-22(32)28(13-18-8-9-19(25)11-20(18)26)14-21(30)31(29)24(34)27-12-17-6-4-3-5-7-17;1-10-4-6-11(7-5-10)16-12(15)13-8-9-14(2)3;2*1-2/h2-9,11,21H,1,10,12-16H2,(H,27,34);4-7H,8-9H2,1-3H3,(H,13,15);1-2H3;1-2H/t21-;;;/m0.../s1. The maximum atomic E-state index is 14.2. The summed E-state index contributed by atoms with van der Waals surface area (Å²) >= 11 is 0. The molecule has 5 rings (SSSR count). The second-order valence-electron chi connectivity index (χ2n) is 12.1. The molecule has 54 heavy (non-hydrogen) atoms. The summed E-state index contributed by atoms with van der Waals surface area (Å²) in [6.07, 6.45) is 8.39. The molecule has 2 aliphatic rings. The molecule has 12 nitrogen and oxygen atoms in total. The van der Waals surface area contributed by atoms with Crippen LogP contribution in [0.1, 0.15) is 30.5 Å². The van der Waals surface area contributed by atoms with Crippen molar-refractivity contribution in [3.05, 3.63) is 114 Å². The predicted molar refractivity (Wildman–Crippen MR) is 205 cm³/mol. The molecule has 1 atom stereocenters. The number of carbonyl (C=O) groups excluding carboxylic acids is 4. The number of halogens is 2. The summed E-state index contributed by atoms with van der Waals surface area (Å²) in [4.78, 5) is 54.8. The lowest BCUT2D eigenvalue weighted by Crippen LogP contribution is -2.73. The first kappa shape index (κ1) is 44.4. The van der Waals surface area contributed by atoms with E-state index in [-0.39, 0.29) is 56.6 Å². The number of hydrogen-bond acceptors (Lipinski definition) is 7. The number of ether oxygens (including phenoxy) is 1. The minimum Gasteiger partial charge on any atom is -0.410 e. The highest BCUT2D eigenvalue weighted by atomic mass is 19.1. The maximum Gasteiger partial charge on any atom is 0.412 e. The Bertz CT molecular complexity index is 1690. The number of carbonyl (C=O) groups is 4. The van der Waals surface area contributed by atoms with Crippen molar-refractivity contribution in [3.8, 4) is 18.6 Å². The van der Waals surface area contributed by atoms with E-state index in [4.69, 9.17) is 4.74 Å². The van der Waals surface area contributed by atoms with Gasteiger partial charge in [0.15, 0.2) is 0 Å². The second-order valence-corrected chi connectivity index (χ2v) is 12.1. The summed E-state index contributed by atoms with van der Waals surface area (Å²) in [6.45, 7) is 11.1. The van der Waals surface area contributed by atoms with Crippen molar-refractivity contribution in [2.45, 2.75) is 40.0 Å². The molecule has 2 aliphatic heterocycles. The minimum atomic E-state index is -0.779. The zero-order valence-corrected chi connectivity index (χ0v) is 31.6. The lowest BCUT2D eigenvalue weighted by atomic mass is 10.1. The molecular weight excluding hydrogens is 696 g/mol. The molecule has 2 fully saturated rings. The van der Waals surface area contributed by atoms with Crippen LogP contribution in [-0.4, -0.2) is 108 Å². The summed E-state index contributed by atoms with van der Waals surface area (Å²) in [5, 5.41) is 8.53. The molecule has 3 aromatic carbocycles. The Hall–Kier alpha value is -5.78. The zero-order valence-electron chi connectivity index (χ0n) is 31.6. The van der Waals surface area contributed by atoms with Crippen LogP contribution in [-0.2, 0) is 22.7 Å². The highest BCUT2D eigenvalue weighted by molar-refractivity contribution is 5.89. The molecule has 0 unspecified atom stereocenters. The average molecular weight is 748 g/mol. The Kier molecular flexibility index (Phi) is 18.9. The van der Waals surface area contributed by atoms with E-state index in [1.807, 2.05) is 82.2 Å². The number of nitrogens with zero attached hydrogens (tertiary/aromatic N) is 5. The fourth-order valence-electron chi connectivity index (χ4n) is 5.28. The SMILES string of the molecule is C#C.C=CCN1CC(=O)N2CC(=O)N(Cc3ccc(F)cc3F)C[C@@H]2N1C(=O)NCc1ccccc1.CC.Cc1ccc(OC(=O)NCCN(C)C)cc1. The van der Waals surface area contributed by atoms with Gasteiger partial charge in [-0.1, -0.05) is 74.0 Å². The quantitative estimate of drug-likeness (QED) is 0.221. The van der Waals surface area contributed by atoms with Crippen molar-refractivity contribution < 1.29 is 32.7 Å². The van der Waals surface area contributed by atoms with E-state index in [2.05, 4.69) is 30.1 Å². The average Bonchev–Trinajstić information content (AvgIpc) is 3.16. The number of fused-ring (bicyclic) bond motifs is 1. The molecule has 0 aliphatic carbocycles. The molecule has 0 bridgehead atoms. The van der Waals surface area contributed by atoms with Crippen molar-refractivity contribution >= 4 is 23.9 Å². The van der Waals surface area contributed by atoms with Crippen LogP contribution >= 0.6 is 0 Å². The van der Waals surface area contributed by atoms with Gasteiger partial charge in [0.05, 0.1) is 13.1 Å². The van der Waals surface area contributed by atoms with Gasteiger partial charge >= 0.3 is 12.1 Å². The second kappa shape index (κ2) is 23.0. The summed E-state index contributed by atoms with van der Waals surface area (Å²) in [6, 6.07) is 19.5. The summed E-state index contributed by atoms with van der Waals surface area (Å²) < 4.78 is 32.6. The van der Waals surface area contributed by atoms with Gasteiger partial charge in [-0.25, -0.2) is 28.4 Å². The van der Waals surface area contributed by atoms with E-state index >= 15 is 0 Å².